The monoisotopic (exact) mass is 548 g/mol. The first-order chi connectivity index (χ1) is 19.2. The summed E-state index contributed by atoms with van der Waals surface area (Å²) in [6, 6.07) is 20.6. The van der Waals surface area contributed by atoms with Crippen molar-refractivity contribution in [3.05, 3.63) is 94.5 Å². The number of nitrogens with zero attached hydrogens (tertiary/aromatic N) is 1. The van der Waals surface area contributed by atoms with E-state index in [2.05, 4.69) is 16.0 Å². The van der Waals surface area contributed by atoms with Crippen LogP contribution < -0.4 is 20.7 Å². The molecular weight excluding hydrogens is 516 g/mol. The van der Waals surface area contributed by atoms with Gasteiger partial charge in [-0.15, -0.1) is 0 Å². The van der Waals surface area contributed by atoms with Crippen LogP contribution in [0.5, 0.6) is 5.75 Å². The Bertz CT molecular complexity index is 1300. The standard InChI is InChI=1S/C29H32N4O7/c1-3-19(2)27(29(37)31-22-9-13-23(14-10-22)33(38)39)32-28(36)25(34)17-26(35)30-21-11-15-24(16-12-21)40-18-20-7-5-4-6-8-20/h4-16,19,25,27,34H,3,17-18H2,1-2H3,(H,30,35)(H,31,37)(H,32,36). The van der Waals surface area contributed by atoms with Gasteiger partial charge in [0.05, 0.1) is 11.3 Å². The number of hydrogen-bond acceptors (Lipinski definition) is 7. The Kier molecular flexibility index (Phi) is 10.7. The zero-order valence-electron chi connectivity index (χ0n) is 22.2. The molecule has 3 aromatic rings. The van der Waals surface area contributed by atoms with Crippen LogP contribution in [0.3, 0.4) is 0 Å². The summed E-state index contributed by atoms with van der Waals surface area (Å²) in [7, 11) is 0. The third-order valence-electron chi connectivity index (χ3n) is 6.21. The number of anilines is 2. The first kappa shape index (κ1) is 29.8. The van der Waals surface area contributed by atoms with Gasteiger partial charge in [-0.25, -0.2) is 0 Å². The van der Waals surface area contributed by atoms with Crippen molar-refractivity contribution in [3.63, 3.8) is 0 Å². The van der Waals surface area contributed by atoms with E-state index in [1.54, 1.807) is 31.2 Å². The number of aliphatic hydroxyl groups excluding tert-OH is 1. The molecule has 0 heterocycles. The fraction of sp³-hybridized carbons (Fsp3) is 0.276. The first-order valence-electron chi connectivity index (χ1n) is 12.8. The van der Waals surface area contributed by atoms with Gasteiger partial charge in [0, 0.05) is 23.5 Å². The molecule has 11 nitrogen and oxygen atoms in total. The van der Waals surface area contributed by atoms with Gasteiger partial charge in [-0.05, 0) is 47.9 Å². The fourth-order valence-corrected chi connectivity index (χ4v) is 3.69. The Morgan fingerprint density at radius 2 is 1.50 bits per heavy atom. The molecule has 0 aliphatic rings. The maximum atomic E-state index is 12.9. The molecule has 0 spiro atoms. The molecule has 0 radical (unpaired) electrons. The molecule has 0 aliphatic heterocycles. The molecule has 0 aliphatic carbocycles. The summed E-state index contributed by atoms with van der Waals surface area (Å²) in [5.41, 5.74) is 1.67. The van der Waals surface area contributed by atoms with Crippen molar-refractivity contribution in [2.75, 3.05) is 10.6 Å². The minimum Gasteiger partial charge on any atom is -0.489 e. The van der Waals surface area contributed by atoms with Gasteiger partial charge in [-0.2, -0.15) is 0 Å². The smallest absolute Gasteiger partial charge is 0.269 e. The van der Waals surface area contributed by atoms with Crippen LogP contribution in [-0.4, -0.2) is 39.9 Å². The van der Waals surface area contributed by atoms with Crippen molar-refractivity contribution in [3.8, 4) is 5.75 Å². The number of nitrogens with one attached hydrogen (secondary N) is 3. The van der Waals surface area contributed by atoms with Crippen molar-refractivity contribution >= 4 is 34.8 Å². The third kappa shape index (κ3) is 8.91. The lowest BCUT2D eigenvalue weighted by Gasteiger charge is -2.24. The molecule has 0 aromatic heterocycles. The summed E-state index contributed by atoms with van der Waals surface area (Å²) in [5, 5.41) is 28.9. The topological polar surface area (TPSA) is 160 Å². The highest BCUT2D eigenvalue weighted by Crippen LogP contribution is 2.19. The average Bonchev–Trinajstić information content (AvgIpc) is 2.95. The number of hydrogen-bond donors (Lipinski definition) is 4. The minimum atomic E-state index is -1.69. The number of rotatable bonds is 13. The molecule has 3 aromatic carbocycles. The van der Waals surface area contributed by atoms with E-state index in [0.29, 0.717) is 30.2 Å². The number of carbonyl (C=O) groups is 3. The van der Waals surface area contributed by atoms with Gasteiger partial charge in [0.15, 0.2) is 0 Å². The predicted molar refractivity (Wildman–Crippen MR) is 150 cm³/mol. The van der Waals surface area contributed by atoms with Gasteiger partial charge in [0.25, 0.3) is 5.69 Å². The Morgan fingerprint density at radius 3 is 2.10 bits per heavy atom. The van der Waals surface area contributed by atoms with Crippen LogP contribution in [0.25, 0.3) is 0 Å². The van der Waals surface area contributed by atoms with Gasteiger partial charge in [0.1, 0.15) is 24.5 Å². The molecule has 40 heavy (non-hydrogen) atoms. The summed E-state index contributed by atoms with van der Waals surface area (Å²) >= 11 is 0. The second kappa shape index (κ2) is 14.4. The molecule has 3 rings (SSSR count). The molecule has 3 atom stereocenters. The summed E-state index contributed by atoms with van der Waals surface area (Å²) in [6.45, 7) is 3.99. The number of amides is 3. The van der Waals surface area contributed by atoms with Crippen LogP contribution in [0, 0.1) is 16.0 Å². The maximum Gasteiger partial charge on any atom is 0.269 e. The Labute approximate surface area is 231 Å². The summed E-state index contributed by atoms with van der Waals surface area (Å²) in [6.07, 6.45) is -1.66. The first-order valence-corrected chi connectivity index (χ1v) is 12.8. The second-order valence-corrected chi connectivity index (χ2v) is 9.23. The zero-order chi connectivity index (χ0) is 29.1. The quantitative estimate of drug-likeness (QED) is 0.185. The fourth-order valence-electron chi connectivity index (χ4n) is 3.69. The molecule has 210 valence electrons. The van der Waals surface area contributed by atoms with Gasteiger partial charge >= 0.3 is 0 Å². The second-order valence-electron chi connectivity index (χ2n) is 9.23. The number of nitro benzene ring substituents is 1. The highest BCUT2D eigenvalue weighted by Gasteiger charge is 2.29. The van der Waals surface area contributed by atoms with E-state index in [-0.39, 0.29) is 11.6 Å². The highest BCUT2D eigenvalue weighted by atomic mass is 16.6. The molecule has 0 bridgehead atoms. The molecule has 0 saturated carbocycles. The number of benzene rings is 3. The molecule has 4 N–H and O–H groups in total. The van der Waals surface area contributed by atoms with Crippen LogP contribution in [0.4, 0.5) is 17.1 Å². The van der Waals surface area contributed by atoms with Gasteiger partial charge in [0.2, 0.25) is 17.7 Å². The normalized spacial score (nSPS) is 12.9. The molecule has 0 fully saturated rings. The molecule has 3 amide bonds. The van der Waals surface area contributed by atoms with E-state index in [0.717, 1.165) is 5.56 Å². The van der Waals surface area contributed by atoms with Gasteiger partial charge in [-0.1, -0.05) is 50.6 Å². The molecular formula is C29H32N4O7. The summed E-state index contributed by atoms with van der Waals surface area (Å²) < 4.78 is 5.72. The molecule has 0 saturated heterocycles. The van der Waals surface area contributed by atoms with Crippen molar-refractivity contribution in [2.24, 2.45) is 5.92 Å². The number of carbonyl (C=O) groups excluding carboxylic acids is 3. The van der Waals surface area contributed by atoms with Crippen LogP contribution in [0.2, 0.25) is 0 Å². The van der Waals surface area contributed by atoms with Gasteiger partial charge < -0.3 is 25.8 Å². The van der Waals surface area contributed by atoms with E-state index in [9.17, 15) is 29.6 Å². The van der Waals surface area contributed by atoms with Crippen molar-refractivity contribution < 1.29 is 29.2 Å². The minimum absolute atomic E-state index is 0.126. The average molecular weight is 549 g/mol. The number of non-ortho nitro benzene ring substituents is 1. The highest BCUT2D eigenvalue weighted by molar-refractivity contribution is 5.99. The van der Waals surface area contributed by atoms with Gasteiger partial charge in [-0.3, -0.25) is 24.5 Å². The van der Waals surface area contributed by atoms with E-state index in [1.165, 1.54) is 24.3 Å². The van der Waals surface area contributed by atoms with Crippen LogP contribution in [0.15, 0.2) is 78.9 Å². The Balaban J connectivity index is 1.51. The molecule has 3 unspecified atom stereocenters. The van der Waals surface area contributed by atoms with E-state index in [4.69, 9.17) is 4.74 Å². The lowest BCUT2D eigenvalue weighted by atomic mass is 9.97. The van der Waals surface area contributed by atoms with Crippen molar-refractivity contribution in [1.29, 1.82) is 0 Å². The third-order valence-corrected chi connectivity index (χ3v) is 6.21. The largest absolute Gasteiger partial charge is 0.489 e. The number of ether oxygens (including phenoxy) is 1. The zero-order valence-corrected chi connectivity index (χ0v) is 22.2. The van der Waals surface area contributed by atoms with Crippen molar-refractivity contribution in [1.82, 2.24) is 5.32 Å². The number of nitro groups is 1. The van der Waals surface area contributed by atoms with Crippen molar-refractivity contribution in [2.45, 2.75) is 45.4 Å². The SMILES string of the molecule is CCC(C)C(NC(=O)C(O)CC(=O)Nc1ccc(OCc2ccccc2)cc1)C(=O)Nc1ccc([N+](=O)[O-])cc1. The van der Waals surface area contributed by atoms with E-state index in [1.807, 2.05) is 37.3 Å². The van der Waals surface area contributed by atoms with E-state index < -0.39 is 41.2 Å². The lowest BCUT2D eigenvalue weighted by molar-refractivity contribution is -0.384. The number of aliphatic hydroxyl groups is 1. The summed E-state index contributed by atoms with van der Waals surface area (Å²) in [5.74, 6) is -1.70. The lowest BCUT2D eigenvalue weighted by Crippen LogP contribution is -2.51. The Morgan fingerprint density at radius 1 is 0.900 bits per heavy atom. The van der Waals surface area contributed by atoms with Crippen LogP contribution >= 0.6 is 0 Å². The molecule has 11 heteroatoms. The Hall–Kier alpha value is -4.77. The summed E-state index contributed by atoms with van der Waals surface area (Å²) in [4.78, 5) is 48.3. The predicted octanol–water partition coefficient (Wildman–Crippen LogP) is 4.03. The van der Waals surface area contributed by atoms with Crippen LogP contribution in [-0.2, 0) is 21.0 Å². The maximum absolute atomic E-state index is 12.9. The van der Waals surface area contributed by atoms with Crippen LogP contribution in [0.1, 0.15) is 32.3 Å². The van der Waals surface area contributed by atoms with E-state index >= 15 is 0 Å².